The molecule has 0 saturated carbocycles. The number of rotatable bonds is 2. The van der Waals surface area contributed by atoms with E-state index < -0.39 is 0 Å². The molecule has 2 fully saturated rings. The van der Waals surface area contributed by atoms with Crippen LogP contribution >= 0.6 is 11.8 Å². The molecule has 0 bridgehead atoms. The summed E-state index contributed by atoms with van der Waals surface area (Å²) in [6.07, 6.45) is 1.85. The summed E-state index contributed by atoms with van der Waals surface area (Å²) in [7, 11) is 0. The summed E-state index contributed by atoms with van der Waals surface area (Å²) < 4.78 is 0. The minimum atomic E-state index is 0.722. The maximum Gasteiger partial charge on any atom is 0.225 e. The van der Waals surface area contributed by atoms with Crippen LogP contribution in [0, 0.1) is 6.92 Å². The second-order valence-corrected chi connectivity index (χ2v) is 5.93. The highest BCUT2D eigenvalue weighted by Crippen LogP contribution is 2.22. The van der Waals surface area contributed by atoms with Crippen molar-refractivity contribution in [1.82, 2.24) is 14.9 Å². The van der Waals surface area contributed by atoms with Crippen molar-refractivity contribution in [2.24, 2.45) is 0 Å². The molecule has 3 heterocycles. The molecule has 2 aliphatic rings. The van der Waals surface area contributed by atoms with E-state index in [0.29, 0.717) is 0 Å². The van der Waals surface area contributed by atoms with Crippen LogP contribution in [-0.4, -0.2) is 58.6 Å². The van der Waals surface area contributed by atoms with Crippen molar-refractivity contribution >= 4 is 17.7 Å². The van der Waals surface area contributed by atoms with E-state index in [-0.39, 0.29) is 0 Å². The van der Waals surface area contributed by atoms with E-state index in [4.69, 9.17) is 0 Å². The van der Waals surface area contributed by atoms with E-state index in [1.165, 1.54) is 24.6 Å². The van der Waals surface area contributed by atoms with Crippen molar-refractivity contribution in [2.45, 2.75) is 13.0 Å². The van der Waals surface area contributed by atoms with Gasteiger partial charge in [0.1, 0.15) is 0 Å². The van der Waals surface area contributed by atoms with Crippen molar-refractivity contribution in [1.29, 1.82) is 0 Å². The zero-order valence-electron chi connectivity index (χ0n) is 10.2. The zero-order valence-corrected chi connectivity index (χ0v) is 11.0. The van der Waals surface area contributed by atoms with E-state index in [2.05, 4.69) is 31.5 Å². The first-order valence-electron chi connectivity index (χ1n) is 6.19. The van der Waals surface area contributed by atoms with Gasteiger partial charge in [0.05, 0.1) is 0 Å². The van der Waals surface area contributed by atoms with Crippen LogP contribution in [0.5, 0.6) is 0 Å². The quantitative estimate of drug-likeness (QED) is 0.782. The van der Waals surface area contributed by atoms with Crippen molar-refractivity contribution in [3.8, 4) is 0 Å². The van der Waals surface area contributed by atoms with Crippen LogP contribution in [-0.2, 0) is 0 Å². The molecule has 92 valence electrons. The Labute approximate surface area is 106 Å². The molecule has 0 spiro atoms. The lowest BCUT2D eigenvalue weighted by molar-refractivity contribution is 0.181. The number of nitrogens with zero attached hydrogens (tertiary/aromatic N) is 4. The fourth-order valence-electron chi connectivity index (χ4n) is 2.38. The fourth-order valence-corrected chi connectivity index (χ4v) is 3.31. The highest BCUT2D eigenvalue weighted by atomic mass is 32.2. The highest BCUT2D eigenvalue weighted by molar-refractivity contribution is 7.99. The Morgan fingerprint density at radius 3 is 2.76 bits per heavy atom. The summed E-state index contributed by atoms with van der Waals surface area (Å²) in [5, 5.41) is 0. The third kappa shape index (κ3) is 2.40. The van der Waals surface area contributed by atoms with Gasteiger partial charge in [0.2, 0.25) is 5.95 Å². The van der Waals surface area contributed by atoms with Gasteiger partial charge in [-0.05, 0) is 13.0 Å². The van der Waals surface area contributed by atoms with Gasteiger partial charge in [-0.2, -0.15) is 11.8 Å². The monoisotopic (exact) mass is 250 g/mol. The van der Waals surface area contributed by atoms with Gasteiger partial charge >= 0.3 is 0 Å². The summed E-state index contributed by atoms with van der Waals surface area (Å²) in [5.74, 6) is 3.47. The van der Waals surface area contributed by atoms with Gasteiger partial charge in [-0.3, -0.25) is 4.90 Å². The maximum atomic E-state index is 4.47. The van der Waals surface area contributed by atoms with E-state index in [1.807, 2.05) is 19.2 Å². The van der Waals surface area contributed by atoms with Crippen LogP contribution in [0.2, 0.25) is 0 Å². The predicted octanol–water partition coefficient (Wildman–Crippen LogP) is 1.02. The van der Waals surface area contributed by atoms with Gasteiger partial charge in [-0.25, -0.2) is 9.97 Å². The zero-order chi connectivity index (χ0) is 11.7. The number of hydrogen-bond acceptors (Lipinski definition) is 5. The number of aromatic nitrogens is 2. The lowest BCUT2D eigenvalue weighted by Crippen LogP contribution is -2.61. The van der Waals surface area contributed by atoms with Gasteiger partial charge in [-0.1, -0.05) is 0 Å². The summed E-state index contributed by atoms with van der Waals surface area (Å²) in [4.78, 5) is 13.7. The predicted molar refractivity (Wildman–Crippen MR) is 71.7 cm³/mol. The lowest BCUT2D eigenvalue weighted by atomic mass is 10.1. The van der Waals surface area contributed by atoms with Crippen molar-refractivity contribution < 1.29 is 0 Å². The second-order valence-electron chi connectivity index (χ2n) is 4.71. The highest BCUT2D eigenvalue weighted by Gasteiger charge is 2.33. The Morgan fingerprint density at radius 2 is 2.06 bits per heavy atom. The molecule has 0 unspecified atom stereocenters. The Morgan fingerprint density at radius 1 is 1.29 bits per heavy atom. The van der Waals surface area contributed by atoms with Crippen molar-refractivity contribution in [2.75, 3.05) is 42.6 Å². The third-order valence-electron chi connectivity index (χ3n) is 3.49. The molecule has 0 aliphatic carbocycles. The first kappa shape index (κ1) is 11.3. The molecule has 3 rings (SSSR count). The molecule has 4 nitrogen and oxygen atoms in total. The van der Waals surface area contributed by atoms with Crippen LogP contribution < -0.4 is 4.90 Å². The molecule has 1 aromatic heterocycles. The number of thioether (sulfide) groups is 1. The van der Waals surface area contributed by atoms with Crippen molar-refractivity contribution in [3.63, 3.8) is 0 Å². The second kappa shape index (κ2) is 4.82. The lowest BCUT2D eigenvalue weighted by Gasteiger charge is -2.46. The summed E-state index contributed by atoms with van der Waals surface area (Å²) in [6, 6.07) is 2.67. The number of hydrogen-bond donors (Lipinski definition) is 0. The van der Waals surface area contributed by atoms with Gasteiger partial charge in [0.25, 0.3) is 0 Å². The van der Waals surface area contributed by atoms with Crippen molar-refractivity contribution in [3.05, 3.63) is 18.0 Å². The largest absolute Gasteiger partial charge is 0.338 e. The standard InChI is InChI=1S/C12H18N4S/c1-10-2-3-13-12(14-10)16-8-11(9-16)15-4-6-17-7-5-15/h2-3,11H,4-9H2,1H3. The molecular weight excluding hydrogens is 232 g/mol. The fraction of sp³-hybridized carbons (Fsp3) is 0.667. The SMILES string of the molecule is Cc1ccnc(N2CC(N3CCSCC3)C2)n1. The van der Waals surface area contributed by atoms with Gasteiger partial charge in [-0.15, -0.1) is 0 Å². The van der Waals surface area contributed by atoms with E-state index in [9.17, 15) is 0 Å². The molecule has 5 heteroatoms. The molecule has 0 atom stereocenters. The molecule has 1 aromatic rings. The van der Waals surface area contributed by atoms with E-state index in [0.717, 1.165) is 30.8 Å². The smallest absolute Gasteiger partial charge is 0.225 e. The number of anilines is 1. The molecule has 2 aliphatic heterocycles. The minimum absolute atomic E-state index is 0.722. The molecule has 0 N–H and O–H groups in total. The molecular formula is C12H18N4S. The summed E-state index contributed by atoms with van der Waals surface area (Å²) in [6.45, 7) is 6.70. The van der Waals surface area contributed by atoms with Crippen LogP contribution in [0.25, 0.3) is 0 Å². The average Bonchev–Trinajstić information content (AvgIpc) is 2.28. The Bertz CT molecular complexity index is 386. The molecule has 2 saturated heterocycles. The Hall–Kier alpha value is -0.810. The van der Waals surface area contributed by atoms with Crippen LogP contribution in [0.15, 0.2) is 12.3 Å². The molecule has 0 radical (unpaired) electrons. The van der Waals surface area contributed by atoms with Gasteiger partial charge < -0.3 is 4.90 Å². The summed E-state index contributed by atoms with van der Waals surface area (Å²) in [5.41, 5.74) is 1.05. The first-order valence-corrected chi connectivity index (χ1v) is 7.35. The average molecular weight is 250 g/mol. The molecule has 17 heavy (non-hydrogen) atoms. The minimum Gasteiger partial charge on any atom is -0.338 e. The summed E-state index contributed by atoms with van der Waals surface area (Å²) >= 11 is 2.07. The molecule has 0 amide bonds. The Balaban J connectivity index is 1.57. The van der Waals surface area contributed by atoms with Crippen LogP contribution in [0.4, 0.5) is 5.95 Å². The topological polar surface area (TPSA) is 32.3 Å². The van der Waals surface area contributed by atoms with Gasteiger partial charge in [0.15, 0.2) is 0 Å². The number of aryl methyl sites for hydroxylation is 1. The normalized spacial score (nSPS) is 22.5. The first-order chi connectivity index (χ1) is 8.33. The van der Waals surface area contributed by atoms with Crippen LogP contribution in [0.3, 0.4) is 0 Å². The molecule has 0 aromatic carbocycles. The van der Waals surface area contributed by atoms with Gasteiger partial charge in [0, 0.05) is 55.6 Å². The van der Waals surface area contributed by atoms with E-state index in [1.54, 1.807) is 0 Å². The van der Waals surface area contributed by atoms with E-state index >= 15 is 0 Å². The van der Waals surface area contributed by atoms with Crippen LogP contribution in [0.1, 0.15) is 5.69 Å². The third-order valence-corrected chi connectivity index (χ3v) is 4.43. The Kier molecular flexibility index (Phi) is 3.20. The maximum absolute atomic E-state index is 4.47.